The first kappa shape index (κ1) is 28.0. The molecule has 0 aromatic heterocycles. The van der Waals surface area contributed by atoms with Gasteiger partial charge in [-0.15, -0.1) is 0 Å². The fourth-order valence-electron chi connectivity index (χ4n) is 7.40. The Labute approximate surface area is 271 Å². The first-order valence-electron chi connectivity index (χ1n) is 16.3. The van der Waals surface area contributed by atoms with Gasteiger partial charge in [0.1, 0.15) is 0 Å². The molecule has 1 atom stereocenters. The van der Waals surface area contributed by atoms with E-state index in [9.17, 15) is 0 Å². The van der Waals surface area contributed by atoms with E-state index in [1.165, 1.54) is 76.8 Å². The fourth-order valence-corrected chi connectivity index (χ4v) is 7.40. The Balaban J connectivity index is 1.35. The van der Waals surface area contributed by atoms with Crippen molar-refractivity contribution in [1.29, 1.82) is 0 Å². The molecule has 8 rings (SSSR count). The zero-order valence-electron chi connectivity index (χ0n) is 26.4. The number of allylic oxidation sites excluding steroid dienone is 5. The van der Waals surface area contributed by atoms with Crippen LogP contribution in [-0.4, -0.2) is 0 Å². The average molecular weight is 589 g/mol. The third-order valence-electron chi connectivity index (χ3n) is 9.76. The van der Waals surface area contributed by atoms with Gasteiger partial charge in [-0.2, -0.15) is 0 Å². The predicted octanol–water partition coefficient (Wildman–Crippen LogP) is 12.7. The van der Waals surface area contributed by atoms with Crippen molar-refractivity contribution in [3.63, 3.8) is 0 Å². The second-order valence-electron chi connectivity index (χ2n) is 12.7. The number of fused-ring (bicyclic) bond motifs is 5. The standard InChI is InChI=1S/C46H36/c1-3-4-14-26-46(2)27-25-39(42-21-12-13-22-45(42)46)36-29-35-28-34(23-24-38(35)43(31-36)32-15-6-5-7-16-32)44-30-33-17-8-9-18-37(33)40-19-10-11-20-41(40)44/h3-26,28-31H,27H2,1-2H3/b4-3-,26-14-. The average Bonchev–Trinajstić information content (AvgIpc) is 3.11. The molecule has 0 bridgehead atoms. The van der Waals surface area contributed by atoms with Crippen molar-refractivity contribution in [1.82, 2.24) is 0 Å². The molecule has 0 heterocycles. The highest BCUT2D eigenvalue weighted by molar-refractivity contribution is 6.14. The highest BCUT2D eigenvalue weighted by atomic mass is 14.3. The van der Waals surface area contributed by atoms with Crippen LogP contribution in [0.3, 0.4) is 0 Å². The van der Waals surface area contributed by atoms with Crippen molar-refractivity contribution < 1.29 is 0 Å². The van der Waals surface area contributed by atoms with Gasteiger partial charge in [-0.1, -0.05) is 153 Å². The molecular formula is C46H36. The van der Waals surface area contributed by atoms with Gasteiger partial charge in [0.25, 0.3) is 0 Å². The monoisotopic (exact) mass is 588 g/mol. The molecule has 0 saturated carbocycles. The summed E-state index contributed by atoms with van der Waals surface area (Å²) in [4.78, 5) is 0. The van der Waals surface area contributed by atoms with Crippen molar-refractivity contribution >= 4 is 37.9 Å². The predicted molar refractivity (Wildman–Crippen MR) is 199 cm³/mol. The van der Waals surface area contributed by atoms with Crippen molar-refractivity contribution in [3.8, 4) is 22.3 Å². The molecule has 0 spiro atoms. The summed E-state index contributed by atoms with van der Waals surface area (Å²) < 4.78 is 0. The first-order chi connectivity index (χ1) is 22.6. The molecule has 0 heteroatoms. The van der Waals surface area contributed by atoms with Crippen LogP contribution in [0.25, 0.3) is 60.1 Å². The van der Waals surface area contributed by atoms with E-state index in [4.69, 9.17) is 0 Å². The fraction of sp³-hybridized carbons (Fsp3) is 0.0870. The van der Waals surface area contributed by atoms with E-state index in [1.807, 2.05) is 0 Å². The molecule has 220 valence electrons. The molecule has 1 aliphatic carbocycles. The third kappa shape index (κ3) is 4.78. The Bertz CT molecular complexity index is 2350. The summed E-state index contributed by atoms with van der Waals surface area (Å²) >= 11 is 0. The molecule has 0 nitrogen and oxygen atoms in total. The summed E-state index contributed by atoms with van der Waals surface area (Å²) in [6.07, 6.45) is 12.2. The highest BCUT2D eigenvalue weighted by Gasteiger charge is 2.30. The second-order valence-corrected chi connectivity index (χ2v) is 12.7. The van der Waals surface area contributed by atoms with E-state index >= 15 is 0 Å². The number of hydrogen-bond donors (Lipinski definition) is 0. The number of benzene rings is 7. The van der Waals surface area contributed by atoms with E-state index in [-0.39, 0.29) is 5.41 Å². The maximum atomic E-state index is 2.46. The number of rotatable bonds is 5. The topological polar surface area (TPSA) is 0 Å². The van der Waals surface area contributed by atoms with Crippen molar-refractivity contribution in [2.45, 2.75) is 25.7 Å². The van der Waals surface area contributed by atoms with Crippen molar-refractivity contribution in [2.24, 2.45) is 0 Å². The molecule has 46 heavy (non-hydrogen) atoms. The molecule has 0 N–H and O–H groups in total. The molecule has 0 radical (unpaired) electrons. The maximum absolute atomic E-state index is 2.46. The van der Waals surface area contributed by atoms with E-state index in [0.29, 0.717) is 0 Å². The minimum absolute atomic E-state index is 0.0526. The zero-order valence-corrected chi connectivity index (χ0v) is 26.4. The van der Waals surface area contributed by atoms with Crippen LogP contribution in [0.5, 0.6) is 0 Å². The van der Waals surface area contributed by atoms with Gasteiger partial charge >= 0.3 is 0 Å². The van der Waals surface area contributed by atoms with Crippen LogP contribution in [0.4, 0.5) is 0 Å². The van der Waals surface area contributed by atoms with Gasteiger partial charge in [0.15, 0.2) is 0 Å². The Kier molecular flexibility index (Phi) is 7.00. The van der Waals surface area contributed by atoms with Crippen molar-refractivity contribution in [2.75, 3.05) is 0 Å². The zero-order chi connectivity index (χ0) is 31.1. The lowest BCUT2D eigenvalue weighted by Gasteiger charge is -2.33. The van der Waals surface area contributed by atoms with Crippen LogP contribution in [-0.2, 0) is 5.41 Å². The van der Waals surface area contributed by atoms with Crippen LogP contribution < -0.4 is 0 Å². The van der Waals surface area contributed by atoms with Gasteiger partial charge < -0.3 is 0 Å². The lowest BCUT2D eigenvalue weighted by molar-refractivity contribution is 0.597. The Morgan fingerprint density at radius 2 is 1.20 bits per heavy atom. The molecule has 7 aromatic rings. The Hall–Kier alpha value is -5.46. The Morgan fingerprint density at radius 1 is 0.500 bits per heavy atom. The van der Waals surface area contributed by atoms with Gasteiger partial charge in [-0.3, -0.25) is 0 Å². The molecule has 0 saturated heterocycles. The van der Waals surface area contributed by atoms with Gasteiger partial charge in [-0.25, -0.2) is 0 Å². The molecule has 0 fully saturated rings. The molecule has 1 unspecified atom stereocenters. The third-order valence-corrected chi connectivity index (χ3v) is 9.76. The van der Waals surface area contributed by atoms with Gasteiger partial charge in [-0.05, 0) is 114 Å². The summed E-state index contributed by atoms with van der Waals surface area (Å²) in [6, 6.07) is 51.6. The maximum Gasteiger partial charge on any atom is 0.0148 e. The quantitative estimate of drug-likeness (QED) is 0.139. The smallest absolute Gasteiger partial charge is 0.0148 e. The SMILES string of the molecule is C/C=C\C=C/C1(C)CC=C(c2cc(-c3ccccc3)c3ccc(-c4cc5ccccc5c5ccccc45)cc3c2)c2ccccc21. The van der Waals surface area contributed by atoms with Crippen LogP contribution in [0.15, 0.2) is 170 Å². The van der Waals surface area contributed by atoms with E-state index in [1.54, 1.807) is 0 Å². The molecule has 0 amide bonds. The minimum Gasteiger partial charge on any atom is -0.0877 e. The number of hydrogen-bond acceptors (Lipinski definition) is 0. The Morgan fingerprint density at radius 3 is 2.04 bits per heavy atom. The van der Waals surface area contributed by atoms with Crippen LogP contribution in [0, 0.1) is 0 Å². The highest BCUT2D eigenvalue weighted by Crippen LogP contribution is 2.45. The first-order valence-corrected chi connectivity index (χ1v) is 16.3. The normalized spacial score (nSPS) is 16.4. The van der Waals surface area contributed by atoms with E-state index < -0.39 is 0 Å². The van der Waals surface area contributed by atoms with Crippen LogP contribution >= 0.6 is 0 Å². The molecule has 1 aliphatic rings. The van der Waals surface area contributed by atoms with Gasteiger partial charge in [0.05, 0.1) is 0 Å². The van der Waals surface area contributed by atoms with Crippen LogP contribution in [0.2, 0.25) is 0 Å². The second kappa shape index (κ2) is 11.5. The molecule has 0 aliphatic heterocycles. The molecule has 7 aromatic carbocycles. The van der Waals surface area contributed by atoms with Crippen LogP contribution in [0.1, 0.15) is 37.0 Å². The lowest BCUT2D eigenvalue weighted by atomic mass is 9.70. The lowest BCUT2D eigenvalue weighted by Crippen LogP contribution is -2.23. The largest absolute Gasteiger partial charge is 0.0877 e. The summed E-state index contributed by atoms with van der Waals surface area (Å²) in [7, 11) is 0. The summed E-state index contributed by atoms with van der Waals surface area (Å²) in [5, 5.41) is 7.68. The molecular weight excluding hydrogens is 553 g/mol. The van der Waals surface area contributed by atoms with Gasteiger partial charge in [0, 0.05) is 5.41 Å². The summed E-state index contributed by atoms with van der Waals surface area (Å²) in [6.45, 7) is 4.42. The van der Waals surface area contributed by atoms with E-state index in [0.717, 1.165) is 6.42 Å². The summed E-state index contributed by atoms with van der Waals surface area (Å²) in [5.74, 6) is 0. The van der Waals surface area contributed by atoms with Crippen molar-refractivity contribution in [3.05, 3.63) is 187 Å². The van der Waals surface area contributed by atoms with E-state index in [2.05, 4.69) is 184 Å². The minimum atomic E-state index is -0.0526. The summed E-state index contributed by atoms with van der Waals surface area (Å²) in [5.41, 5.74) is 10.2. The van der Waals surface area contributed by atoms with Gasteiger partial charge in [0.2, 0.25) is 0 Å².